The van der Waals surface area contributed by atoms with Crippen LogP contribution in [0.25, 0.3) is 10.9 Å². The number of rotatable bonds is 3. The van der Waals surface area contributed by atoms with Crippen molar-refractivity contribution in [1.82, 2.24) is 9.66 Å². The molecule has 0 unspecified atom stereocenters. The van der Waals surface area contributed by atoms with Crippen molar-refractivity contribution in [1.29, 1.82) is 0 Å². The van der Waals surface area contributed by atoms with Crippen molar-refractivity contribution in [3.63, 3.8) is 0 Å². The number of hydrogen-bond donors (Lipinski definition) is 1. The number of nitrogens with zero attached hydrogens (tertiary/aromatic N) is 3. The molecule has 0 aliphatic rings. The molecule has 114 valence electrons. The number of nitro groups is 1. The highest BCUT2D eigenvalue weighted by atomic mass is 16.6. The molecule has 23 heavy (non-hydrogen) atoms. The Morgan fingerprint density at radius 1 is 1.13 bits per heavy atom. The van der Waals surface area contributed by atoms with Crippen molar-refractivity contribution < 1.29 is 4.92 Å². The fraction of sp³-hybridized carbons (Fsp3) is 0. The molecule has 0 aliphatic heterocycles. The molecule has 0 radical (unpaired) electrons. The molecule has 0 atom stereocenters. The van der Waals surface area contributed by atoms with E-state index < -0.39 is 16.2 Å². The van der Waals surface area contributed by atoms with Gasteiger partial charge in [-0.25, -0.2) is 4.79 Å². The largest absolute Gasteiger partial charge is 0.349 e. The van der Waals surface area contributed by atoms with E-state index in [1.54, 1.807) is 30.3 Å². The minimum Gasteiger partial charge on any atom is -0.305 e. The van der Waals surface area contributed by atoms with Gasteiger partial charge in [0, 0.05) is 17.7 Å². The molecule has 0 saturated heterocycles. The summed E-state index contributed by atoms with van der Waals surface area (Å²) < 4.78 is 0.682. The summed E-state index contributed by atoms with van der Waals surface area (Å²) in [5.41, 5.74) is -0.530. The maximum absolute atomic E-state index is 12.3. The molecule has 0 amide bonds. The Morgan fingerprint density at radius 2 is 1.91 bits per heavy atom. The zero-order valence-electron chi connectivity index (χ0n) is 11.7. The molecule has 3 rings (SSSR count). The molecule has 0 aliphatic carbocycles. The van der Waals surface area contributed by atoms with E-state index in [-0.39, 0.29) is 5.69 Å². The number of nitro benzene ring substituents is 1. The van der Waals surface area contributed by atoms with Crippen molar-refractivity contribution >= 4 is 22.8 Å². The van der Waals surface area contributed by atoms with Crippen molar-refractivity contribution in [2.75, 3.05) is 0 Å². The number of aromatic nitrogens is 2. The van der Waals surface area contributed by atoms with E-state index in [2.05, 4.69) is 10.1 Å². The van der Waals surface area contributed by atoms with Crippen LogP contribution in [0.2, 0.25) is 0 Å². The van der Waals surface area contributed by atoms with Crippen LogP contribution in [0.5, 0.6) is 0 Å². The Bertz CT molecular complexity index is 1050. The summed E-state index contributed by atoms with van der Waals surface area (Å²) >= 11 is 0. The van der Waals surface area contributed by atoms with Gasteiger partial charge in [0.05, 0.1) is 22.0 Å². The predicted molar refractivity (Wildman–Crippen MR) is 84.9 cm³/mol. The smallest absolute Gasteiger partial charge is 0.305 e. The number of benzene rings is 2. The lowest BCUT2D eigenvalue weighted by Gasteiger charge is -2.00. The van der Waals surface area contributed by atoms with Gasteiger partial charge in [-0.3, -0.25) is 14.9 Å². The van der Waals surface area contributed by atoms with E-state index in [1.165, 1.54) is 24.4 Å². The minimum atomic E-state index is -0.685. The molecule has 1 aromatic heterocycles. The maximum atomic E-state index is 12.3. The van der Waals surface area contributed by atoms with E-state index in [1.807, 2.05) is 0 Å². The summed E-state index contributed by atoms with van der Waals surface area (Å²) in [5.74, 6) is 0. The van der Waals surface area contributed by atoms with Gasteiger partial charge in [-0.1, -0.05) is 24.3 Å². The summed E-state index contributed by atoms with van der Waals surface area (Å²) in [5, 5.41) is 14.9. The van der Waals surface area contributed by atoms with Gasteiger partial charge in [0.25, 0.3) is 11.2 Å². The Kier molecular flexibility index (Phi) is 3.55. The average molecular weight is 310 g/mol. The van der Waals surface area contributed by atoms with Crippen LogP contribution < -0.4 is 11.2 Å². The van der Waals surface area contributed by atoms with Gasteiger partial charge in [0.15, 0.2) is 0 Å². The predicted octanol–water partition coefficient (Wildman–Crippen LogP) is 1.48. The monoisotopic (exact) mass is 310 g/mol. The van der Waals surface area contributed by atoms with E-state index in [0.717, 1.165) is 0 Å². The number of hydrogen-bond acceptors (Lipinski definition) is 5. The molecule has 0 bridgehead atoms. The summed E-state index contributed by atoms with van der Waals surface area (Å²) in [7, 11) is 0. The molecule has 0 spiro atoms. The number of fused-ring (bicyclic) bond motifs is 1. The highest BCUT2D eigenvalue weighted by Crippen LogP contribution is 2.11. The summed E-state index contributed by atoms with van der Waals surface area (Å²) in [6.45, 7) is 0. The van der Waals surface area contributed by atoms with Gasteiger partial charge in [0.1, 0.15) is 0 Å². The standard InChI is InChI=1S/C15H10N4O4/c20-14-12-6-1-2-7-13(12)17-15(21)18(14)16-9-10-4-3-5-11(8-10)19(22)23/h1-9H,(H,17,21)/b16-9-. The van der Waals surface area contributed by atoms with Crippen molar-refractivity contribution in [2.24, 2.45) is 5.10 Å². The lowest BCUT2D eigenvalue weighted by atomic mass is 10.2. The van der Waals surface area contributed by atoms with Crippen LogP contribution in [0.3, 0.4) is 0 Å². The molecular weight excluding hydrogens is 300 g/mol. The van der Waals surface area contributed by atoms with Crippen LogP contribution in [0.4, 0.5) is 5.69 Å². The molecular formula is C15H10N4O4. The summed E-state index contributed by atoms with van der Waals surface area (Å²) in [4.78, 5) is 37.0. The number of nitrogens with one attached hydrogen (secondary N) is 1. The average Bonchev–Trinajstić information content (AvgIpc) is 2.55. The first-order valence-corrected chi connectivity index (χ1v) is 6.59. The topological polar surface area (TPSA) is 110 Å². The van der Waals surface area contributed by atoms with Crippen molar-refractivity contribution in [3.05, 3.63) is 85.0 Å². The SMILES string of the molecule is O=c1[nH]c2ccccc2c(=O)n1/N=C\c1cccc([N+](=O)[O-])c1. The first kappa shape index (κ1) is 14.4. The van der Waals surface area contributed by atoms with Gasteiger partial charge in [-0.05, 0) is 12.1 Å². The van der Waals surface area contributed by atoms with Gasteiger partial charge in [-0.15, -0.1) is 4.68 Å². The zero-order valence-corrected chi connectivity index (χ0v) is 11.7. The van der Waals surface area contributed by atoms with Crippen molar-refractivity contribution in [3.8, 4) is 0 Å². The second kappa shape index (κ2) is 5.68. The van der Waals surface area contributed by atoms with E-state index >= 15 is 0 Å². The molecule has 1 heterocycles. The fourth-order valence-electron chi connectivity index (χ4n) is 2.10. The molecule has 8 nitrogen and oxygen atoms in total. The quantitative estimate of drug-likeness (QED) is 0.448. The van der Waals surface area contributed by atoms with E-state index in [9.17, 15) is 19.7 Å². The number of non-ortho nitro benzene ring substituents is 1. The van der Waals surface area contributed by atoms with Crippen molar-refractivity contribution in [2.45, 2.75) is 0 Å². The molecule has 2 aromatic carbocycles. The maximum Gasteiger partial charge on any atom is 0.349 e. The van der Waals surface area contributed by atoms with Gasteiger partial charge in [0.2, 0.25) is 0 Å². The highest BCUT2D eigenvalue weighted by Gasteiger charge is 2.07. The molecule has 1 N–H and O–H groups in total. The summed E-state index contributed by atoms with van der Waals surface area (Å²) in [6.07, 6.45) is 1.22. The van der Waals surface area contributed by atoms with E-state index in [4.69, 9.17) is 0 Å². The lowest BCUT2D eigenvalue weighted by molar-refractivity contribution is -0.384. The van der Waals surface area contributed by atoms with E-state index in [0.29, 0.717) is 21.1 Å². The van der Waals surface area contributed by atoms with Crippen LogP contribution in [0.15, 0.2) is 63.2 Å². The number of aromatic amines is 1. The third-order valence-corrected chi connectivity index (χ3v) is 3.19. The Morgan fingerprint density at radius 3 is 2.70 bits per heavy atom. The Hall–Kier alpha value is -3.55. The second-order valence-electron chi connectivity index (χ2n) is 4.69. The van der Waals surface area contributed by atoms with Gasteiger partial charge in [-0.2, -0.15) is 5.10 Å². The zero-order chi connectivity index (χ0) is 16.4. The molecule has 8 heteroatoms. The van der Waals surface area contributed by atoms with Gasteiger partial charge >= 0.3 is 5.69 Å². The molecule has 0 fully saturated rings. The Labute approximate surface area is 128 Å². The minimum absolute atomic E-state index is 0.103. The lowest BCUT2D eigenvalue weighted by Crippen LogP contribution is -2.32. The first-order chi connectivity index (χ1) is 11.1. The molecule has 3 aromatic rings. The Balaban J connectivity index is 2.08. The fourth-order valence-corrected chi connectivity index (χ4v) is 2.10. The van der Waals surface area contributed by atoms with Crippen LogP contribution >= 0.6 is 0 Å². The molecule has 0 saturated carbocycles. The normalized spacial score (nSPS) is 11.1. The van der Waals surface area contributed by atoms with Gasteiger partial charge < -0.3 is 4.98 Å². The van der Waals surface area contributed by atoms with Crippen LogP contribution in [-0.2, 0) is 0 Å². The van der Waals surface area contributed by atoms with Crippen LogP contribution in [-0.4, -0.2) is 20.8 Å². The third kappa shape index (κ3) is 2.77. The third-order valence-electron chi connectivity index (χ3n) is 3.19. The summed E-state index contributed by atoms with van der Waals surface area (Å²) in [6, 6.07) is 12.3. The first-order valence-electron chi connectivity index (χ1n) is 6.59. The van der Waals surface area contributed by atoms with Crippen LogP contribution in [0, 0.1) is 10.1 Å². The second-order valence-corrected chi connectivity index (χ2v) is 4.69. The number of para-hydroxylation sites is 1. The highest BCUT2D eigenvalue weighted by molar-refractivity contribution is 5.81. The van der Waals surface area contributed by atoms with Crippen LogP contribution in [0.1, 0.15) is 5.56 Å². The number of H-pyrrole nitrogens is 1.